The van der Waals surface area contributed by atoms with E-state index in [-0.39, 0.29) is 16.6 Å². The van der Waals surface area contributed by atoms with E-state index in [1.807, 2.05) is 0 Å². The van der Waals surface area contributed by atoms with Gasteiger partial charge in [0.15, 0.2) is 20.4 Å². The van der Waals surface area contributed by atoms with Gasteiger partial charge in [0.25, 0.3) is 0 Å². The Labute approximate surface area is 113 Å². The third kappa shape index (κ3) is 3.64. The second kappa shape index (κ2) is 5.97. The molecule has 0 aromatic carbocycles. The van der Waals surface area contributed by atoms with Crippen molar-refractivity contribution in [3.05, 3.63) is 11.1 Å². The zero-order valence-corrected chi connectivity index (χ0v) is 11.9. The van der Waals surface area contributed by atoms with E-state index < -0.39 is 27.0 Å². The van der Waals surface area contributed by atoms with Crippen LogP contribution in [0.1, 0.15) is 19.5 Å². The van der Waals surface area contributed by atoms with Crippen LogP contribution in [-0.2, 0) is 19.4 Å². The van der Waals surface area contributed by atoms with Gasteiger partial charge in [-0.3, -0.25) is 0 Å². The molecule has 1 rings (SSSR count). The lowest BCUT2D eigenvalue weighted by molar-refractivity contribution is -0.136. The molecule has 0 aliphatic carbocycles. The first kappa shape index (κ1) is 15.4. The second-order valence-corrected chi connectivity index (χ2v) is 6.90. The molecule has 0 spiro atoms. The molecule has 0 amide bonds. The Bertz CT molecular complexity index is 593. The van der Waals surface area contributed by atoms with Crippen molar-refractivity contribution in [2.75, 3.05) is 11.5 Å². The van der Waals surface area contributed by atoms with E-state index in [1.54, 1.807) is 0 Å². The minimum atomic E-state index is -3.53. The molecule has 0 fully saturated rings. The molecule has 10 heteroatoms. The molecule has 1 heterocycles. The number of nitrogens with zero attached hydrogens (tertiary/aromatic N) is 2. The molecule has 1 atom stereocenters. The lowest BCUT2D eigenvalue weighted by atomic mass is 10.3. The molecular weight excluding hydrogens is 294 g/mol. The highest BCUT2D eigenvalue weighted by atomic mass is 32.2. The van der Waals surface area contributed by atoms with Crippen LogP contribution in [0.15, 0.2) is 10.5 Å². The number of aromatic nitrogens is 1. The van der Waals surface area contributed by atoms with Crippen molar-refractivity contribution < 1.29 is 23.2 Å². The van der Waals surface area contributed by atoms with Gasteiger partial charge in [0.1, 0.15) is 5.69 Å². The van der Waals surface area contributed by atoms with Crippen LogP contribution in [0.3, 0.4) is 0 Å². The third-order valence-electron chi connectivity index (χ3n) is 2.24. The fraction of sp³-hybridized carbons (Fsp3) is 0.444. The van der Waals surface area contributed by atoms with Gasteiger partial charge in [-0.1, -0.05) is 12.1 Å². The summed E-state index contributed by atoms with van der Waals surface area (Å²) in [6.45, 7) is 2.66. The van der Waals surface area contributed by atoms with Gasteiger partial charge >= 0.3 is 5.97 Å². The minimum absolute atomic E-state index is 0.0242. The SMILES string of the molecule is CCS(=O)(=O)C(C)OC(=O)C(=NO)c1csc(N)n1. The molecular formula is C9H13N3O5S2. The van der Waals surface area contributed by atoms with Gasteiger partial charge < -0.3 is 15.7 Å². The molecule has 0 saturated heterocycles. The molecule has 0 saturated carbocycles. The maximum Gasteiger partial charge on any atom is 0.363 e. The van der Waals surface area contributed by atoms with E-state index in [0.717, 1.165) is 11.3 Å². The van der Waals surface area contributed by atoms with Gasteiger partial charge in [0, 0.05) is 5.38 Å². The second-order valence-electron chi connectivity index (χ2n) is 3.44. The number of nitrogen functional groups attached to an aromatic ring is 1. The van der Waals surface area contributed by atoms with E-state index in [1.165, 1.54) is 19.2 Å². The maximum absolute atomic E-state index is 11.7. The Morgan fingerprint density at radius 3 is 2.74 bits per heavy atom. The molecule has 8 nitrogen and oxygen atoms in total. The summed E-state index contributed by atoms with van der Waals surface area (Å²) in [5.74, 6) is -1.26. The number of ether oxygens (including phenoxy) is 1. The predicted octanol–water partition coefficient (Wildman–Crippen LogP) is 0.228. The summed E-state index contributed by atoms with van der Waals surface area (Å²) in [4.78, 5) is 15.5. The Kier molecular flexibility index (Phi) is 4.84. The molecule has 1 unspecified atom stereocenters. The first-order valence-corrected chi connectivity index (χ1v) is 7.77. The maximum atomic E-state index is 11.7. The van der Waals surface area contributed by atoms with Crippen molar-refractivity contribution in [3.63, 3.8) is 0 Å². The molecule has 19 heavy (non-hydrogen) atoms. The van der Waals surface area contributed by atoms with Crippen LogP contribution in [0, 0.1) is 0 Å². The lowest BCUT2D eigenvalue weighted by Crippen LogP contribution is -2.30. The fourth-order valence-corrected chi connectivity index (χ4v) is 2.36. The van der Waals surface area contributed by atoms with Crippen LogP contribution < -0.4 is 5.73 Å². The molecule has 0 bridgehead atoms. The van der Waals surface area contributed by atoms with Crippen LogP contribution in [0.5, 0.6) is 0 Å². The summed E-state index contributed by atoms with van der Waals surface area (Å²) >= 11 is 1.04. The van der Waals surface area contributed by atoms with E-state index >= 15 is 0 Å². The third-order valence-corrected chi connectivity index (χ3v) is 4.83. The standard InChI is InChI=1S/C9H13N3O5S2/c1-3-19(15,16)5(2)17-8(13)7(12-14)6-4-18-9(10)11-6/h4-5,14H,3H2,1-2H3,(H2,10,11). The number of hydrogen-bond acceptors (Lipinski definition) is 9. The Hall–Kier alpha value is -1.68. The van der Waals surface area contributed by atoms with Crippen molar-refractivity contribution in [2.24, 2.45) is 5.16 Å². The molecule has 0 radical (unpaired) electrons. The molecule has 0 aliphatic heterocycles. The van der Waals surface area contributed by atoms with Crippen LogP contribution in [0.2, 0.25) is 0 Å². The number of nitrogens with two attached hydrogens (primary N) is 1. The molecule has 1 aromatic rings. The van der Waals surface area contributed by atoms with Gasteiger partial charge in [-0.25, -0.2) is 18.2 Å². The lowest BCUT2D eigenvalue weighted by Gasteiger charge is -2.12. The highest BCUT2D eigenvalue weighted by molar-refractivity contribution is 7.91. The monoisotopic (exact) mass is 307 g/mol. The number of esters is 1. The summed E-state index contributed by atoms with van der Waals surface area (Å²) in [5, 5.41) is 13.1. The zero-order chi connectivity index (χ0) is 14.6. The number of hydrogen-bond donors (Lipinski definition) is 2. The Balaban J connectivity index is 2.88. The summed E-state index contributed by atoms with van der Waals surface area (Å²) in [6, 6.07) is 0. The largest absolute Gasteiger partial charge is 0.441 e. The first-order chi connectivity index (χ1) is 8.81. The summed E-state index contributed by atoms with van der Waals surface area (Å²) in [6.07, 6.45) is 0. The van der Waals surface area contributed by atoms with Gasteiger partial charge in [-0.05, 0) is 6.92 Å². The average molecular weight is 307 g/mol. The van der Waals surface area contributed by atoms with Crippen molar-refractivity contribution in [3.8, 4) is 0 Å². The van der Waals surface area contributed by atoms with Crippen molar-refractivity contribution in [1.82, 2.24) is 4.98 Å². The van der Waals surface area contributed by atoms with Crippen LogP contribution in [0.4, 0.5) is 5.13 Å². The summed E-state index contributed by atoms with van der Waals surface area (Å²) < 4.78 is 27.7. The van der Waals surface area contributed by atoms with Gasteiger partial charge in [-0.15, -0.1) is 11.3 Å². The molecule has 106 valence electrons. The summed E-state index contributed by atoms with van der Waals surface area (Å²) in [7, 11) is -3.53. The number of oxime groups is 1. The number of carbonyl (C=O) groups is 1. The van der Waals surface area contributed by atoms with E-state index in [0.29, 0.717) is 0 Å². The topological polar surface area (TPSA) is 132 Å². The number of sulfone groups is 1. The zero-order valence-electron chi connectivity index (χ0n) is 10.2. The van der Waals surface area contributed by atoms with Gasteiger partial charge in [0.05, 0.1) is 5.75 Å². The minimum Gasteiger partial charge on any atom is -0.441 e. The van der Waals surface area contributed by atoms with Crippen LogP contribution in [0.25, 0.3) is 0 Å². The average Bonchev–Trinajstić information content (AvgIpc) is 2.76. The van der Waals surface area contributed by atoms with E-state index in [9.17, 15) is 13.2 Å². The number of rotatable bonds is 5. The predicted molar refractivity (Wildman–Crippen MR) is 69.9 cm³/mol. The molecule has 1 aromatic heterocycles. The van der Waals surface area contributed by atoms with E-state index in [2.05, 4.69) is 10.1 Å². The smallest absolute Gasteiger partial charge is 0.363 e. The molecule has 3 N–H and O–H groups in total. The number of carbonyl (C=O) groups excluding carboxylic acids is 1. The van der Waals surface area contributed by atoms with Gasteiger partial charge in [0.2, 0.25) is 5.71 Å². The van der Waals surface area contributed by atoms with Crippen LogP contribution >= 0.6 is 11.3 Å². The van der Waals surface area contributed by atoms with Crippen molar-refractivity contribution in [1.29, 1.82) is 0 Å². The van der Waals surface area contributed by atoms with Crippen molar-refractivity contribution >= 4 is 38.0 Å². The molecule has 0 aliphatic rings. The van der Waals surface area contributed by atoms with Crippen molar-refractivity contribution in [2.45, 2.75) is 19.3 Å². The quantitative estimate of drug-likeness (QED) is 0.344. The number of anilines is 1. The van der Waals surface area contributed by atoms with Gasteiger partial charge in [-0.2, -0.15) is 0 Å². The number of thiazole rings is 1. The normalized spacial score (nSPS) is 14.1. The summed E-state index contributed by atoms with van der Waals surface area (Å²) in [5.41, 5.74) is 3.58. The Morgan fingerprint density at radius 2 is 2.32 bits per heavy atom. The highest BCUT2D eigenvalue weighted by Crippen LogP contribution is 2.14. The highest BCUT2D eigenvalue weighted by Gasteiger charge is 2.27. The Morgan fingerprint density at radius 1 is 1.68 bits per heavy atom. The first-order valence-electron chi connectivity index (χ1n) is 5.17. The van der Waals surface area contributed by atoms with Crippen LogP contribution in [-0.4, -0.2) is 41.5 Å². The van der Waals surface area contributed by atoms with E-state index in [4.69, 9.17) is 15.7 Å². The fourth-order valence-electron chi connectivity index (χ4n) is 1.11.